The van der Waals surface area contributed by atoms with E-state index in [0.29, 0.717) is 26.9 Å². The normalized spacial score (nSPS) is 11.7. The van der Waals surface area contributed by atoms with Crippen LogP contribution in [0.5, 0.6) is 0 Å². The Morgan fingerprint density at radius 1 is 0.571 bits per heavy atom. The summed E-state index contributed by atoms with van der Waals surface area (Å²) < 4.78 is 8.97. The van der Waals surface area contributed by atoms with E-state index >= 15 is 0 Å². The minimum atomic E-state index is 0.595. The van der Waals surface area contributed by atoms with Gasteiger partial charge in [-0.3, -0.25) is 0 Å². The Morgan fingerprint density at radius 3 is 1.69 bits per heavy atom. The van der Waals surface area contributed by atoms with Crippen LogP contribution in [0.25, 0.3) is 10.8 Å². The molecule has 0 bridgehead atoms. The molecular formula is C23H18N4O6S2. The zero-order chi connectivity index (χ0) is 24.5. The summed E-state index contributed by atoms with van der Waals surface area (Å²) in [6.07, 6.45) is 0. The molecule has 0 aliphatic carbocycles. The van der Waals surface area contributed by atoms with Gasteiger partial charge >= 0.3 is 0 Å². The van der Waals surface area contributed by atoms with Crippen LogP contribution >= 0.6 is 24.1 Å². The highest BCUT2D eigenvalue weighted by Gasteiger charge is 2.09. The summed E-state index contributed by atoms with van der Waals surface area (Å²) in [5.41, 5.74) is 3.74. The maximum Gasteiger partial charge on any atom is 0.0937 e. The number of nitrogens with zero attached hydrogens (tertiary/aromatic N) is 4. The monoisotopic (exact) mass is 510 g/mol. The number of aryl methyl sites for hydroxylation is 1. The van der Waals surface area contributed by atoms with Crippen LogP contribution in [0.2, 0.25) is 0 Å². The first-order valence-corrected chi connectivity index (χ1v) is 11.5. The van der Waals surface area contributed by atoms with Crippen LogP contribution in [0.4, 0.5) is 22.7 Å². The summed E-state index contributed by atoms with van der Waals surface area (Å²) in [7, 11) is 0. The van der Waals surface area contributed by atoms with Gasteiger partial charge in [0.15, 0.2) is 0 Å². The number of rotatable bonds is 10. The van der Waals surface area contributed by atoms with Crippen molar-refractivity contribution in [2.45, 2.75) is 16.7 Å². The van der Waals surface area contributed by atoms with Gasteiger partial charge in [0.25, 0.3) is 0 Å². The summed E-state index contributed by atoms with van der Waals surface area (Å²) >= 11 is 1.70. The fraction of sp³-hybridized carbons (Fsp3) is 0.0435. The van der Waals surface area contributed by atoms with Crippen molar-refractivity contribution in [3.05, 3.63) is 84.4 Å². The van der Waals surface area contributed by atoms with Crippen LogP contribution in [0, 0.1) is 6.92 Å². The van der Waals surface area contributed by atoms with Gasteiger partial charge < -0.3 is 0 Å². The standard InChI is InChI=1S/C23H18N4O6S2/c1-15-2-4-16(5-3-15)24-26-22-12-13-23(21-14-19(35-33-31-29)10-11-20(21)22)27-25-17-6-8-18(9-7-17)34-32-30-28/h2-14,28-29H,1H3. The van der Waals surface area contributed by atoms with Crippen molar-refractivity contribution in [1.82, 2.24) is 0 Å². The zero-order valence-corrected chi connectivity index (χ0v) is 19.8. The van der Waals surface area contributed by atoms with Crippen molar-refractivity contribution in [2.75, 3.05) is 0 Å². The molecule has 0 atom stereocenters. The summed E-state index contributed by atoms with van der Waals surface area (Å²) in [6, 6.07) is 23.8. The summed E-state index contributed by atoms with van der Waals surface area (Å²) in [6.45, 7) is 2.01. The largest absolute Gasteiger partial charge is 0.220 e. The third-order valence-electron chi connectivity index (χ3n) is 4.68. The average molecular weight is 511 g/mol. The van der Waals surface area contributed by atoms with Gasteiger partial charge in [-0.25, -0.2) is 10.5 Å². The number of hydrogen-bond donors (Lipinski definition) is 2. The van der Waals surface area contributed by atoms with Crippen LogP contribution in [-0.2, 0) is 18.7 Å². The first-order valence-electron chi connectivity index (χ1n) is 10.0. The molecule has 35 heavy (non-hydrogen) atoms. The second kappa shape index (κ2) is 12.5. The molecule has 4 aromatic carbocycles. The summed E-state index contributed by atoms with van der Waals surface area (Å²) in [5.74, 6) is 0. The molecule has 0 saturated heterocycles. The van der Waals surface area contributed by atoms with E-state index in [0.717, 1.165) is 46.1 Å². The lowest BCUT2D eigenvalue weighted by atomic mass is 10.1. The van der Waals surface area contributed by atoms with Crippen molar-refractivity contribution in [1.29, 1.82) is 0 Å². The molecule has 0 aliphatic rings. The summed E-state index contributed by atoms with van der Waals surface area (Å²) in [4.78, 5) is 1.38. The summed E-state index contributed by atoms with van der Waals surface area (Å²) in [5, 5.41) is 43.1. The van der Waals surface area contributed by atoms with Gasteiger partial charge in [-0.2, -0.15) is 10.2 Å². The molecular weight excluding hydrogens is 492 g/mol. The minimum absolute atomic E-state index is 0.595. The molecule has 178 valence electrons. The van der Waals surface area contributed by atoms with Crippen molar-refractivity contribution in [3.8, 4) is 0 Å². The van der Waals surface area contributed by atoms with E-state index in [1.165, 1.54) is 0 Å². The predicted molar refractivity (Wildman–Crippen MR) is 131 cm³/mol. The Hall–Kier alpha value is -3.20. The molecule has 0 aliphatic heterocycles. The molecule has 0 spiro atoms. The highest BCUT2D eigenvalue weighted by molar-refractivity contribution is 7.94. The van der Waals surface area contributed by atoms with E-state index in [9.17, 15) is 0 Å². The number of azo groups is 2. The first-order chi connectivity index (χ1) is 17.2. The Labute approximate surface area is 208 Å². The van der Waals surface area contributed by atoms with Crippen molar-refractivity contribution >= 4 is 57.6 Å². The fourth-order valence-corrected chi connectivity index (χ4v) is 3.79. The van der Waals surface area contributed by atoms with Crippen LogP contribution in [0.1, 0.15) is 5.56 Å². The van der Waals surface area contributed by atoms with Gasteiger partial charge in [0.2, 0.25) is 0 Å². The van der Waals surface area contributed by atoms with Gasteiger partial charge in [0.1, 0.15) is 0 Å². The number of benzene rings is 4. The van der Waals surface area contributed by atoms with Gasteiger partial charge in [-0.15, -0.1) is 18.9 Å². The van der Waals surface area contributed by atoms with Crippen LogP contribution in [0.3, 0.4) is 0 Å². The molecule has 0 unspecified atom stereocenters. The highest BCUT2D eigenvalue weighted by atomic mass is 32.2. The first kappa shape index (κ1) is 24.9. The van der Waals surface area contributed by atoms with Gasteiger partial charge in [-0.05, 0) is 67.6 Å². The van der Waals surface area contributed by atoms with Crippen molar-refractivity contribution in [2.24, 2.45) is 20.5 Å². The molecule has 0 amide bonds. The van der Waals surface area contributed by atoms with E-state index < -0.39 is 0 Å². The van der Waals surface area contributed by atoms with E-state index in [2.05, 4.69) is 39.2 Å². The molecule has 0 heterocycles. The minimum Gasteiger partial charge on any atom is -0.220 e. The Morgan fingerprint density at radius 2 is 1.09 bits per heavy atom. The third kappa shape index (κ3) is 6.91. The molecule has 4 rings (SSSR count). The molecule has 12 heteroatoms. The molecule has 0 aromatic heterocycles. The molecule has 4 aromatic rings. The highest BCUT2D eigenvalue weighted by Crippen LogP contribution is 2.38. The quantitative estimate of drug-likeness (QED) is 0.0937. The van der Waals surface area contributed by atoms with Gasteiger partial charge in [0.05, 0.1) is 46.8 Å². The zero-order valence-electron chi connectivity index (χ0n) is 18.1. The average Bonchev–Trinajstić information content (AvgIpc) is 2.90. The van der Waals surface area contributed by atoms with Crippen molar-refractivity contribution in [3.63, 3.8) is 0 Å². The topological polar surface area (TPSA) is 127 Å². The lowest BCUT2D eigenvalue weighted by Gasteiger charge is -2.07. The number of fused-ring (bicyclic) bond motifs is 1. The van der Waals surface area contributed by atoms with E-state index in [1.54, 1.807) is 36.4 Å². The van der Waals surface area contributed by atoms with E-state index in [-0.39, 0.29) is 0 Å². The Bertz CT molecular complexity index is 1330. The fourth-order valence-electron chi connectivity index (χ4n) is 3.03. The molecule has 0 fully saturated rings. The maximum absolute atomic E-state index is 8.48. The molecule has 10 nitrogen and oxygen atoms in total. The predicted octanol–water partition coefficient (Wildman–Crippen LogP) is 8.84. The lowest BCUT2D eigenvalue weighted by Crippen LogP contribution is -1.81. The van der Waals surface area contributed by atoms with Crippen LogP contribution in [-0.4, -0.2) is 10.5 Å². The molecule has 0 saturated carbocycles. The van der Waals surface area contributed by atoms with Crippen molar-refractivity contribution < 1.29 is 29.3 Å². The van der Waals surface area contributed by atoms with E-state index in [4.69, 9.17) is 10.5 Å². The molecule has 0 radical (unpaired) electrons. The second-order valence-corrected chi connectivity index (χ2v) is 8.54. The molecule has 2 N–H and O–H groups in total. The van der Waals surface area contributed by atoms with Gasteiger partial charge in [-0.1, -0.05) is 33.8 Å². The smallest absolute Gasteiger partial charge is 0.0937 e. The maximum atomic E-state index is 8.48. The SMILES string of the molecule is Cc1ccc(N=Nc2ccc(N=Nc3ccc(SOOO)cc3)c3cc(SOOO)ccc23)cc1. The second-order valence-electron chi connectivity index (χ2n) is 6.99. The third-order valence-corrected chi connectivity index (χ3v) is 5.85. The Balaban J connectivity index is 1.66. The lowest BCUT2D eigenvalue weighted by molar-refractivity contribution is -0.432. The van der Waals surface area contributed by atoms with Crippen LogP contribution in [0.15, 0.2) is 109 Å². The number of hydrogen-bond acceptors (Lipinski definition) is 12. The van der Waals surface area contributed by atoms with Crippen LogP contribution < -0.4 is 0 Å². The Kier molecular flexibility index (Phi) is 8.89. The van der Waals surface area contributed by atoms with Gasteiger partial charge in [0, 0.05) is 20.6 Å². The van der Waals surface area contributed by atoms with E-state index in [1.807, 2.05) is 49.4 Å².